The van der Waals surface area contributed by atoms with E-state index in [2.05, 4.69) is 254 Å². The van der Waals surface area contributed by atoms with Crippen LogP contribution >= 0.6 is 22.9 Å². The number of benzene rings is 9. The van der Waals surface area contributed by atoms with Crippen LogP contribution in [-0.2, 0) is 22.7 Å². The van der Waals surface area contributed by atoms with Gasteiger partial charge in [-0.15, -0.1) is 11.3 Å². The molecule has 0 amide bonds. The Morgan fingerprint density at radius 1 is 0.412 bits per heavy atom. The van der Waals surface area contributed by atoms with Gasteiger partial charge in [-0.05, 0) is 150 Å². The maximum absolute atomic E-state index is 8.10. The van der Waals surface area contributed by atoms with Crippen LogP contribution in [0.25, 0.3) is 53.5 Å². The highest BCUT2D eigenvalue weighted by molar-refractivity contribution is 7.17. The zero-order chi connectivity index (χ0) is 47.7. The molecular weight excluding hydrogens is 864 g/mol. The molecule has 10 aromatic rings. The SMILES string of the molecule is CCc1ccc(N(c2ccc(C(C)(C)C)cc2-c2ccc3c4ccccc4c4ccccc4c3c2)c2cccc(N(c3ccc(C(C)(C)C)cc3)c3csc4ccc(C(C)(C)C)cc34)c2Cl)cc1. The summed E-state index contributed by atoms with van der Waals surface area (Å²) < 4.78 is 1.24. The highest BCUT2D eigenvalue weighted by Crippen LogP contribution is 2.52. The van der Waals surface area contributed by atoms with Gasteiger partial charge in [-0.2, -0.15) is 0 Å². The van der Waals surface area contributed by atoms with Crippen LogP contribution in [0.1, 0.15) is 91.5 Å². The Hall–Kier alpha value is -6.39. The van der Waals surface area contributed by atoms with Crippen LogP contribution in [-0.4, -0.2) is 0 Å². The molecule has 1 heterocycles. The van der Waals surface area contributed by atoms with Crippen molar-refractivity contribution >= 4 is 99.5 Å². The second-order valence-corrected chi connectivity index (χ2v) is 22.8. The Morgan fingerprint density at radius 2 is 0.897 bits per heavy atom. The molecule has 0 aliphatic heterocycles. The maximum Gasteiger partial charge on any atom is 0.0887 e. The van der Waals surface area contributed by atoms with E-state index >= 15 is 0 Å². The van der Waals surface area contributed by atoms with Crippen molar-refractivity contribution in [1.82, 2.24) is 0 Å². The zero-order valence-corrected chi connectivity index (χ0v) is 42.7. The first-order chi connectivity index (χ1) is 32.5. The van der Waals surface area contributed by atoms with Gasteiger partial charge in [-0.25, -0.2) is 0 Å². The first-order valence-corrected chi connectivity index (χ1v) is 25.3. The van der Waals surface area contributed by atoms with Crippen molar-refractivity contribution in [3.8, 4) is 11.1 Å². The molecular formula is C64H61ClN2S. The number of aryl methyl sites for hydroxylation is 1. The molecule has 0 spiro atoms. The number of fused-ring (bicyclic) bond motifs is 7. The molecule has 0 saturated heterocycles. The Kier molecular flexibility index (Phi) is 11.5. The molecule has 0 bridgehead atoms. The van der Waals surface area contributed by atoms with Crippen LogP contribution in [0.2, 0.25) is 5.02 Å². The van der Waals surface area contributed by atoms with Gasteiger partial charge in [0, 0.05) is 32.4 Å². The molecule has 0 aliphatic rings. The number of hydrogen-bond acceptors (Lipinski definition) is 3. The van der Waals surface area contributed by atoms with E-state index in [0.29, 0.717) is 5.02 Å². The summed E-state index contributed by atoms with van der Waals surface area (Å²) in [6, 6.07) is 63.4. The lowest BCUT2D eigenvalue weighted by Gasteiger charge is -2.33. The highest BCUT2D eigenvalue weighted by atomic mass is 35.5. The summed E-state index contributed by atoms with van der Waals surface area (Å²) in [4.78, 5) is 4.77. The van der Waals surface area contributed by atoms with Crippen molar-refractivity contribution in [1.29, 1.82) is 0 Å². The quantitative estimate of drug-likeness (QED) is 0.140. The van der Waals surface area contributed by atoms with Crippen molar-refractivity contribution in [2.24, 2.45) is 0 Å². The zero-order valence-electron chi connectivity index (χ0n) is 41.1. The lowest BCUT2D eigenvalue weighted by atomic mass is 9.84. The largest absolute Gasteiger partial charge is 0.308 e. The predicted molar refractivity (Wildman–Crippen MR) is 300 cm³/mol. The number of halogens is 1. The summed E-state index contributed by atoms with van der Waals surface area (Å²) in [5.74, 6) is 0. The predicted octanol–water partition coefficient (Wildman–Crippen LogP) is 20.1. The molecule has 0 unspecified atom stereocenters. The molecule has 68 heavy (non-hydrogen) atoms. The molecule has 0 saturated carbocycles. The highest BCUT2D eigenvalue weighted by Gasteiger charge is 2.28. The lowest BCUT2D eigenvalue weighted by Crippen LogP contribution is -2.17. The minimum atomic E-state index is -0.0859. The summed E-state index contributed by atoms with van der Waals surface area (Å²) in [6.45, 7) is 22.8. The van der Waals surface area contributed by atoms with E-state index < -0.39 is 0 Å². The van der Waals surface area contributed by atoms with Crippen LogP contribution in [0.4, 0.5) is 34.1 Å². The third kappa shape index (κ3) is 8.24. The van der Waals surface area contributed by atoms with Crippen LogP contribution in [0, 0.1) is 0 Å². The molecule has 0 atom stereocenters. The summed E-state index contributed by atoms with van der Waals surface area (Å²) in [5, 5.41) is 11.7. The van der Waals surface area contributed by atoms with Crippen LogP contribution in [0.5, 0.6) is 0 Å². The third-order valence-corrected chi connectivity index (χ3v) is 15.2. The van der Waals surface area contributed by atoms with E-state index in [1.54, 1.807) is 11.3 Å². The Balaban J connectivity index is 1.23. The van der Waals surface area contributed by atoms with Gasteiger partial charge in [0.15, 0.2) is 0 Å². The topological polar surface area (TPSA) is 6.48 Å². The van der Waals surface area contributed by atoms with E-state index in [9.17, 15) is 0 Å². The van der Waals surface area contributed by atoms with E-state index in [1.807, 2.05) is 0 Å². The molecule has 0 radical (unpaired) electrons. The van der Waals surface area contributed by atoms with E-state index in [0.717, 1.165) is 51.7 Å². The van der Waals surface area contributed by atoms with E-state index in [-0.39, 0.29) is 16.2 Å². The maximum atomic E-state index is 8.10. The molecule has 9 aromatic carbocycles. The van der Waals surface area contributed by atoms with Crippen LogP contribution in [0.3, 0.4) is 0 Å². The van der Waals surface area contributed by atoms with Gasteiger partial charge in [-0.1, -0.05) is 184 Å². The second kappa shape index (κ2) is 17.3. The third-order valence-electron chi connectivity index (χ3n) is 13.9. The van der Waals surface area contributed by atoms with Crippen molar-refractivity contribution in [2.45, 2.75) is 91.9 Å². The molecule has 10 rings (SSSR count). The summed E-state index contributed by atoms with van der Waals surface area (Å²) in [5.41, 5.74) is 13.5. The van der Waals surface area contributed by atoms with E-state index in [1.165, 1.54) is 64.7 Å². The van der Waals surface area contributed by atoms with Gasteiger partial charge in [-0.3, -0.25) is 0 Å². The van der Waals surface area contributed by atoms with Crippen molar-refractivity contribution in [2.75, 3.05) is 9.80 Å². The normalized spacial score (nSPS) is 12.4. The molecule has 0 N–H and O–H groups in total. The smallest absolute Gasteiger partial charge is 0.0887 e. The van der Waals surface area contributed by atoms with Gasteiger partial charge in [0.2, 0.25) is 0 Å². The minimum absolute atomic E-state index is 0.00978. The van der Waals surface area contributed by atoms with E-state index in [4.69, 9.17) is 11.6 Å². The summed E-state index contributed by atoms with van der Waals surface area (Å²) in [6.07, 6.45) is 0.955. The first kappa shape index (κ1) is 45.4. The van der Waals surface area contributed by atoms with Crippen LogP contribution in [0.15, 0.2) is 175 Å². The van der Waals surface area contributed by atoms with Gasteiger partial charge in [0.1, 0.15) is 0 Å². The van der Waals surface area contributed by atoms with Crippen molar-refractivity contribution < 1.29 is 0 Å². The van der Waals surface area contributed by atoms with Gasteiger partial charge in [0.25, 0.3) is 0 Å². The molecule has 0 fully saturated rings. The standard InChI is InChI=1S/C64H61ClN2S/c1-11-41-23-30-46(31-24-41)66(56-35-28-44(63(5,6)7)38-53(56)42-25-34-52-50-19-13-12-17-48(50)49-18-14-15-20-51(49)54(52)37-42)57-21-16-22-58(61(57)65)67(47-32-26-43(27-33-47)62(2,3)4)59-40-68-60-36-29-45(39-55(59)60)64(8,9)10/h12-40H,11H2,1-10H3. The molecule has 0 aliphatic carbocycles. The Morgan fingerprint density at radius 3 is 1.46 bits per heavy atom. The second-order valence-electron chi connectivity index (χ2n) is 21.5. The van der Waals surface area contributed by atoms with Crippen molar-refractivity contribution in [3.05, 3.63) is 203 Å². The Labute approximate surface area is 412 Å². The fraction of sp³-hybridized carbons (Fsp3) is 0.219. The lowest BCUT2D eigenvalue weighted by molar-refractivity contribution is 0.590. The average Bonchev–Trinajstić information content (AvgIpc) is 3.75. The molecule has 340 valence electrons. The van der Waals surface area contributed by atoms with Crippen LogP contribution < -0.4 is 9.80 Å². The summed E-state index contributed by atoms with van der Waals surface area (Å²) in [7, 11) is 0. The minimum Gasteiger partial charge on any atom is -0.308 e. The summed E-state index contributed by atoms with van der Waals surface area (Å²) >= 11 is 9.88. The van der Waals surface area contributed by atoms with Gasteiger partial charge >= 0.3 is 0 Å². The number of anilines is 6. The number of thiophene rings is 1. The Bertz CT molecular complexity index is 3470. The molecule has 1 aromatic heterocycles. The fourth-order valence-electron chi connectivity index (χ4n) is 9.82. The average molecular weight is 926 g/mol. The van der Waals surface area contributed by atoms with Gasteiger partial charge in [0.05, 0.1) is 27.8 Å². The number of rotatable bonds is 8. The van der Waals surface area contributed by atoms with Gasteiger partial charge < -0.3 is 9.80 Å². The molecule has 4 heteroatoms. The first-order valence-electron chi connectivity index (χ1n) is 24.1. The van der Waals surface area contributed by atoms with Crippen molar-refractivity contribution in [3.63, 3.8) is 0 Å². The number of nitrogens with zero attached hydrogens (tertiary/aromatic N) is 2. The fourth-order valence-corrected chi connectivity index (χ4v) is 11.0. The molecule has 2 nitrogen and oxygen atoms in total. The monoisotopic (exact) mass is 924 g/mol. The number of hydrogen-bond donors (Lipinski definition) is 0.